The summed E-state index contributed by atoms with van der Waals surface area (Å²) in [5, 5.41) is 9.53. The van der Waals surface area contributed by atoms with Gasteiger partial charge in [-0.15, -0.1) is 0 Å². The molecule has 0 atom stereocenters. The van der Waals surface area contributed by atoms with Crippen LogP contribution in [-0.2, 0) is 4.79 Å². The van der Waals surface area contributed by atoms with E-state index in [9.17, 15) is 9.90 Å². The minimum absolute atomic E-state index is 0.0810. The first-order valence-corrected chi connectivity index (χ1v) is 5.69. The third-order valence-electron chi connectivity index (χ3n) is 2.93. The van der Waals surface area contributed by atoms with Crippen LogP contribution in [0.4, 0.5) is 0 Å². The average molecular weight is 245 g/mol. The lowest BCUT2D eigenvalue weighted by molar-refractivity contribution is -0.112. The van der Waals surface area contributed by atoms with Crippen molar-refractivity contribution in [2.24, 2.45) is 0 Å². The topological polar surface area (TPSA) is 63.3 Å². The summed E-state index contributed by atoms with van der Waals surface area (Å²) in [7, 11) is 0. The molecule has 0 aliphatic heterocycles. The molecule has 0 saturated carbocycles. The molecule has 18 heavy (non-hydrogen) atoms. The molecular formula is C14H15NO3. The lowest BCUT2D eigenvalue weighted by atomic mass is 10.1. The van der Waals surface area contributed by atoms with Gasteiger partial charge in [0, 0.05) is 0 Å². The normalized spacial score (nSPS) is 12.7. The summed E-state index contributed by atoms with van der Waals surface area (Å²) in [5.74, 6) is -0.181. The van der Waals surface area contributed by atoms with Crippen LogP contribution in [0.1, 0.15) is 30.9 Å². The maximum absolute atomic E-state index is 11.5. The third-order valence-corrected chi connectivity index (χ3v) is 2.93. The first kappa shape index (κ1) is 12.4. The van der Waals surface area contributed by atoms with Crippen molar-refractivity contribution in [3.05, 3.63) is 34.9 Å². The highest BCUT2D eigenvalue weighted by Gasteiger charge is 2.18. The molecular weight excluding hydrogens is 230 g/mol. The average Bonchev–Trinajstić information content (AvgIpc) is 2.59. The molecule has 0 spiro atoms. The van der Waals surface area contributed by atoms with Crippen LogP contribution in [0, 0.1) is 13.8 Å². The van der Waals surface area contributed by atoms with Crippen LogP contribution >= 0.6 is 0 Å². The third kappa shape index (κ3) is 2.01. The Morgan fingerprint density at radius 2 is 1.83 bits per heavy atom. The number of carbonyl (C=O) groups is 1. The Labute approximate surface area is 105 Å². The van der Waals surface area contributed by atoms with Gasteiger partial charge in [0.25, 0.3) is 0 Å². The number of aliphatic hydroxyl groups is 1. The van der Waals surface area contributed by atoms with Crippen molar-refractivity contribution in [2.45, 2.75) is 27.7 Å². The number of rotatable bonds is 2. The molecule has 0 amide bonds. The predicted molar refractivity (Wildman–Crippen MR) is 69.4 cm³/mol. The van der Waals surface area contributed by atoms with Crippen LogP contribution in [0.2, 0.25) is 0 Å². The molecule has 0 saturated heterocycles. The summed E-state index contributed by atoms with van der Waals surface area (Å²) in [4.78, 5) is 15.7. The number of hydrogen-bond acceptors (Lipinski definition) is 4. The first-order valence-electron chi connectivity index (χ1n) is 5.69. The van der Waals surface area contributed by atoms with Crippen LogP contribution in [0.3, 0.4) is 0 Å². The molecule has 94 valence electrons. The van der Waals surface area contributed by atoms with Gasteiger partial charge >= 0.3 is 0 Å². The van der Waals surface area contributed by atoms with Gasteiger partial charge in [-0.05, 0) is 51.0 Å². The van der Waals surface area contributed by atoms with E-state index in [1.807, 2.05) is 26.0 Å². The lowest BCUT2D eigenvalue weighted by Gasteiger charge is -1.98. The van der Waals surface area contributed by atoms with Crippen molar-refractivity contribution in [3.63, 3.8) is 0 Å². The smallest absolute Gasteiger partial charge is 0.234 e. The molecule has 0 aliphatic rings. The fourth-order valence-electron chi connectivity index (χ4n) is 1.85. The number of nitrogens with zero attached hydrogens (tertiary/aromatic N) is 1. The van der Waals surface area contributed by atoms with Crippen LogP contribution in [0.15, 0.2) is 22.3 Å². The Kier molecular flexibility index (Phi) is 2.95. The van der Waals surface area contributed by atoms with Crippen molar-refractivity contribution in [3.8, 4) is 0 Å². The number of carbonyl (C=O) groups excluding carboxylic acids is 1. The predicted octanol–water partition coefficient (Wildman–Crippen LogP) is 3.32. The maximum atomic E-state index is 11.5. The summed E-state index contributed by atoms with van der Waals surface area (Å²) in [5.41, 5.74) is 3.64. The number of aliphatic hydroxyl groups excluding tert-OH is 1. The fraction of sp³-hybridized carbons (Fsp3) is 0.286. The molecule has 1 aromatic carbocycles. The second-order valence-corrected chi connectivity index (χ2v) is 4.44. The fourth-order valence-corrected chi connectivity index (χ4v) is 1.85. The van der Waals surface area contributed by atoms with E-state index in [0.29, 0.717) is 11.1 Å². The Bertz CT molecular complexity index is 622. The number of aryl methyl sites for hydroxylation is 2. The number of hydrogen-bond donors (Lipinski definition) is 1. The molecule has 1 aromatic heterocycles. The number of allylic oxidation sites excluding steroid dienone is 2. The molecule has 1 heterocycles. The zero-order valence-corrected chi connectivity index (χ0v) is 10.9. The van der Waals surface area contributed by atoms with Crippen LogP contribution < -0.4 is 0 Å². The standard InChI is InChI=1S/C14H15NO3/c1-7-5-11-12(6-8(7)2)18-14(15-11)13(9(3)16)10(4)17/h5-6,16H,1-4H3/b13-9-. The van der Waals surface area contributed by atoms with Gasteiger partial charge in [0.1, 0.15) is 16.8 Å². The Balaban J connectivity index is 2.67. The summed E-state index contributed by atoms with van der Waals surface area (Å²) >= 11 is 0. The molecule has 0 aliphatic carbocycles. The van der Waals surface area contributed by atoms with Crippen LogP contribution in [0.5, 0.6) is 0 Å². The SMILES string of the molecule is CC(=O)/C(=C(\C)O)c1nc2cc(C)c(C)cc2o1. The monoisotopic (exact) mass is 245 g/mol. The van der Waals surface area contributed by atoms with Gasteiger partial charge in [-0.2, -0.15) is 0 Å². The lowest BCUT2D eigenvalue weighted by Crippen LogP contribution is -1.99. The number of fused-ring (bicyclic) bond motifs is 1. The largest absolute Gasteiger partial charge is 0.512 e. The first-order chi connectivity index (χ1) is 8.40. The van der Waals surface area contributed by atoms with Crippen molar-refractivity contribution in [1.29, 1.82) is 0 Å². The quantitative estimate of drug-likeness (QED) is 0.651. The molecule has 0 fully saturated rings. The minimum atomic E-state index is -0.269. The Morgan fingerprint density at radius 3 is 2.39 bits per heavy atom. The number of benzene rings is 1. The van der Waals surface area contributed by atoms with Gasteiger partial charge in [-0.25, -0.2) is 4.98 Å². The summed E-state index contributed by atoms with van der Waals surface area (Å²) in [6.07, 6.45) is 0. The molecule has 0 unspecified atom stereocenters. The van der Waals surface area contributed by atoms with Crippen molar-refractivity contribution >= 4 is 22.5 Å². The van der Waals surface area contributed by atoms with E-state index < -0.39 is 0 Å². The van der Waals surface area contributed by atoms with Crippen molar-refractivity contribution < 1.29 is 14.3 Å². The van der Waals surface area contributed by atoms with Gasteiger partial charge in [0.15, 0.2) is 11.4 Å². The van der Waals surface area contributed by atoms with E-state index in [1.54, 1.807) is 0 Å². The number of aromatic nitrogens is 1. The molecule has 2 rings (SSSR count). The molecule has 0 radical (unpaired) electrons. The van der Waals surface area contributed by atoms with E-state index in [2.05, 4.69) is 4.98 Å². The van der Waals surface area contributed by atoms with Gasteiger partial charge in [0.2, 0.25) is 5.89 Å². The minimum Gasteiger partial charge on any atom is -0.512 e. The van der Waals surface area contributed by atoms with Crippen LogP contribution in [0.25, 0.3) is 16.7 Å². The number of Topliss-reactive ketones (excluding diaryl/α,β-unsaturated/α-hetero) is 1. The van der Waals surface area contributed by atoms with Gasteiger partial charge in [-0.1, -0.05) is 0 Å². The van der Waals surface area contributed by atoms with Gasteiger partial charge < -0.3 is 9.52 Å². The van der Waals surface area contributed by atoms with E-state index in [4.69, 9.17) is 4.42 Å². The number of oxazole rings is 1. The highest BCUT2D eigenvalue weighted by Crippen LogP contribution is 2.25. The Hall–Kier alpha value is -2.10. The Morgan fingerprint density at radius 1 is 1.22 bits per heavy atom. The second-order valence-electron chi connectivity index (χ2n) is 4.44. The molecule has 2 aromatic rings. The highest BCUT2D eigenvalue weighted by atomic mass is 16.4. The van der Waals surface area contributed by atoms with Gasteiger partial charge in [0.05, 0.1) is 0 Å². The molecule has 4 nitrogen and oxygen atoms in total. The molecule has 4 heteroatoms. The van der Waals surface area contributed by atoms with Crippen LogP contribution in [-0.4, -0.2) is 15.9 Å². The van der Waals surface area contributed by atoms with Crippen molar-refractivity contribution in [2.75, 3.05) is 0 Å². The zero-order chi connectivity index (χ0) is 13.4. The maximum Gasteiger partial charge on any atom is 0.234 e. The van der Waals surface area contributed by atoms with E-state index in [-0.39, 0.29) is 23.0 Å². The summed E-state index contributed by atoms with van der Waals surface area (Å²) in [6, 6.07) is 3.79. The summed E-state index contributed by atoms with van der Waals surface area (Å²) < 4.78 is 5.54. The highest BCUT2D eigenvalue weighted by molar-refractivity contribution is 6.19. The van der Waals surface area contributed by atoms with Crippen molar-refractivity contribution in [1.82, 2.24) is 4.98 Å². The second kappa shape index (κ2) is 4.29. The summed E-state index contributed by atoms with van der Waals surface area (Å²) in [6.45, 7) is 6.79. The van der Waals surface area contributed by atoms with E-state index in [0.717, 1.165) is 11.1 Å². The zero-order valence-electron chi connectivity index (χ0n) is 10.9. The molecule has 0 bridgehead atoms. The van der Waals surface area contributed by atoms with E-state index >= 15 is 0 Å². The van der Waals surface area contributed by atoms with Gasteiger partial charge in [-0.3, -0.25) is 4.79 Å². The van der Waals surface area contributed by atoms with E-state index in [1.165, 1.54) is 13.8 Å². The number of ketones is 1. The molecule has 1 N–H and O–H groups in total.